The summed E-state index contributed by atoms with van der Waals surface area (Å²) in [4.78, 5) is 98.6. The Kier molecular flexibility index (Phi) is 16.4. The summed E-state index contributed by atoms with van der Waals surface area (Å²) in [6.45, 7) is 8.40. The van der Waals surface area contributed by atoms with Crippen LogP contribution in [0.1, 0.15) is 65.9 Å². The third-order valence-electron chi connectivity index (χ3n) is 7.99. The van der Waals surface area contributed by atoms with E-state index in [9.17, 15) is 38.4 Å². The van der Waals surface area contributed by atoms with Gasteiger partial charge in [-0.1, -0.05) is 51.1 Å². The van der Waals surface area contributed by atoms with E-state index >= 15 is 0 Å². The van der Waals surface area contributed by atoms with E-state index in [0.29, 0.717) is 19.4 Å². The number of ether oxygens (including phenoxy) is 1. The van der Waals surface area contributed by atoms with Gasteiger partial charge in [-0.2, -0.15) is 0 Å². The van der Waals surface area contributed by atoms with Crippen molar-refractivity contribution in [1.29, 1.82) is 0 Å². The molecule has 15 nitrogen and oxygen atoms in total. The van der Waals surface area contributed by atoms with Crippen molar-refractivity contribution in [2.45, 2.75) is 78.4 Å². The summed E-state index contributed by atoms with van der Waals surface area (Å²) in [5.41, 5.74) is -0.721. The van der Waals surface area contributed by atoms with Crippen molar-refractivity contribution in [2.75, 3.05) is 39.3 Å². The van der Waals surface area contributed by atoms with Crippen LogP contribution in [0, 0.1) is 5.41 Å². The first-order valence-electron chi connectivity index (χ1n) is 16.6. The predicted molar refractivity (Wildman–Crippen MR) is 183 cm³/mol. The summed E-state index contributed by atoms with van der Waals surface area (Å²) < 4.78 is 5.97. The van der Waals surface area contributed by atoms with Crippen LogP contribution in [0.2, 0.25) is 0 Å². The molecule has 274 valence electrons. The molecule has 0 saturated heterocycles. The average molecular weight is 699 g/mol. The second kappa shape index (κ2) is 19.9. The van der Waals surface area contributed by atoms with Crippen molar-refractivity contribution in [2.24, 2.45) is 5.41 Å². The van der Waals surface area contributed by atoms with Crippen molar-refractivity contribution in [3.8, 4) is 0 Å². The molecule has 7 amide bonds. The highest BCUT2D eigenvalue weighted by molar-refractivity contribution is 6.13. The number of Topliss-reactive ketones (excluding diaryl/α,β-unsaturated/α-hetero) is 1. The molecular weight excluding hydrogens is 648 g/mol. The lowest BCUT2D eigenvalue weighted by Crippen LogP contribution is -2.52. The minimum atomic E-state index is -0.971. The zero-order chi connectivity index (χ0) is 37.3. The molecule has 1 atom stereocenters. The van der Waals surface area contributed by atoms with Gasteiger partial charge in [-0.15, -0.1) is 0 Å². The van der Waals surface area contributed by atoms with E-state index in [2.05, 4.69) is 26.6 Å². The highest BCUT2D eigenvalue weighted by Crippen LogP contribution is 2.23. The van der Waals surface area contributed by atoms with Crippen LogP contribution in [0.25, 0.3) is 0 Å². The Morgan fingerprint density at radius 3 is 2.06 bits per heavy atom. The molecule has 1 aromatic rings. The van der Waals surface area contributed by atoms with Gasteiger partial charge in [-0.25, -0.2) is 0 Å². The van der Waals surface area contributed by atoms with Gasteiger partial charge in [0.25, 0.3) is 11.8 Å². The van der Waals surface area contributed by atoms with Crippen molar-refractivity contribution in [3.63, 3.8) is 0 Å². The van der Waals surface area contributed by atoms with Crippen LogP contribution < -0.4 is 26.6 Å². The average Bonchev–Trinajstić information content (AvgIpc) is 3.39. The monoisotopic (exact) mass is 698 g/mol. The fourth-order valence-corrected chi connectivity index (χ4v) is 4.60. The van der Waals surface area contributed by atoms with Crippen molar-refractivity contribution >= 4 is 47.1 Å². The van der Waals surface area contributed by atoms with Gasteiger partial charge in [0, 0.05) is 56.5 Å². The summed E-state index contributed by atoms with van der Waals surface area (Å²) >= 11 is 0. The molecule has 0 radical (unpaired) electrons. The lowest BCUT2D eigenvalue weighted by atomic mass is 9.88. The molecule has 1 heterocycles. The summed E-state index contributed by atoms with van der Waals surface area (Å²) in [6.07, 6.45) is 3.58. The van der Waals surface area contributed by atoms with Crippen LogP contribution in [0.5, 0.6) is 0 Å². The van der Waals surface area contributed by atoms with Gasteiger partial charge in [0.05, 0.1) is 25.2 Å². The Balaban J connectivity index is 1.70. The zero-order valence-corrected chi connectivity index (χ0v) is 29.5. The Hall–Kier alpha value is -4.92. The van der Waals surface area contributed by atoms with E-state index in [-0.39, 0.29) is 57.2 Å². The van der Waals surface area contributed by atoms with Crippen LogP contribution >= 0.6 is 0 Å². The molecule has 0 bridgehead atoms. The van der Waals surface area contributed by atoms with E-state index in [1.54, 1.807) is 45.0 Å². The molecule has 0 aromatic heterocycles. The second-order valence-corrected chi connectivity index (χ2v) is 13.1. The quantitative estimate of drug-likeness (QED) is 0.104. The zero-order valence-electron chi connectivity index (χ0n) is 29.5. The molecular formula is C35H50N6O9. The van der Waals surface area contributed by atoms with Gasteiger partial charge in [0.15, 0.2) is 5.78 Å². The number of ketones is 1. The minimum Gasteiger partial charge on any atom is -0.375 e. The van der Waals surface area contributed by atoms with E-state index in [1.807, 2.05) is 19.9 Å². The standard InChI is InChI=1S/C35H50N6O9/c1-6-25(42)21-38-32(48)26(20-24-10-8-7-9-11-24)40-29(45)23-37-28(44)22-39-33(49)34(2,3)16-19-50-35(4,5)15-17-36-27(43)14-18-41-30(46)12-13-31(41)47/h7-13,26H,6,14-23H2,1-5H3,(H,36,43)(H,37,44)(H,38,48)(H,39,49)(H,40,45)/t26-/m0/s1. The number of hydrogen-bond donors (Lipinski definition) is 5. The number of carbonyl (C=O) groups is 8. The van der Waals surface area contributed by atoms with Gasteiger partial charge in [-0.05, 0) is 32.3 Å². The molecule has 0 fully saturated rings. The van der Waals surface area contributed by atoms with Crippen molar-refractivity contribution < 1.29 is 43.1 Å². The highest BCUT2D eigenvalue weighted by atomic mass is 16.5. The molecule has 0 unspecified atom stereocenters. The third-order valence-corrected chi connectivity index (χ3v) is 7.99. The summed E-state index contributed by atoms with van der Waals surface area (Å²) in [6, 6.07) is 8.06. The van der Waals surface area contributed by atoms with Crippen LogP contribution in [0.3, 0.4) is 0 Å². The molecule has 5 N–H and O–H groups in total. The van der Waals surface area contributed by atoms with E-state index in [4.69, 9.17) is 4.74 Å². The van der Waals surface area contributed by atoms with Crippen LogP contribution in [0.4, 0.5) is 0 Å². The summed E-state index contributed by atoms with van der Waals surface area (Å²) in [5.74, 6) is -3.46. The van der Waals surface area contributed by atoms with Gasteiger partial charge in [0.2, 0.25) is 29.5 Å². The number of carbonyl (C=O) groups excluding carboxylic acids is 8. The molecule has 0 saturated carbocycles. The normalized spacial score (nSPS) is 13.4. The topological polar surface area (TPSA) is 209 Å². The Labute approximate surface area is 292 Å². The van der Waals surface area contributed by atoms with Crippen LogP contribution in [-0.4, -0.2) is 103 Å². The first kappa shape index (κ1) is 41.3. The van der Waals surface area contributed by atoms with Crippen molar-refractivity contribution in [1.82, 2.24) is 31.5 Å². The number of amides is 7. The number of nitrogens with one attached hydrogen (secondary N) is 5. The van der Waals surface area contributed by atoms with E-state index in [0.717, 1.165) is 10.5 Å². The predicted octanol–water partition coefficient (Wildman–Crippen LogP) is 0.0745. The van der Waals surface area contributed by atoms with E-state index < -0.39 is 59.0 Å². The number of imide groups is 1. The number of rotatable bonds is 22. The molecule has 2 rings (SSSR count). The largest absolute Gasteiger partial charge is 0.375 e. The van der Waals surface area contributed by atoms with Crippen molar-refractivity contribution in [3.05, 3.63) is 48.0 Å². The molecule has 1 aliphatic rings. The molecule has 1 aromatic carbocycles. The SMILES string of the molecule is CCC(=O)CNC(=O)[C@H](Cc1ccccc1)NC(=O)CNC(=O)CNC(=O)C(C)(C)CCOC(C)(C)CCNC(=O)CCN1C(=O)C=CC1=O. The van der Waals surface area contributed by atoms with E-state index in [1.165, 1.54) is 12.2 Å². The van der Waals surface area contributed by atoms with Gasteiger partial charge in [0.1, 0.15) is 6.04 Å². The Morgan fingerprint density at radius 1 is 0.780 bits per heavy atom. The molecule has 0 aliphatic carbocycles. The first-order valence-corrected chi connectivity index (χ1v) is 16.6. The first-order chi connectivity index (χ1) is 23.5. The second-order valence-electron chi connectivity index (χ2n) is 13.1. The number of nitrogens with zero attached hydrogens (tertiary/aromatic N) is 1. The van der Waals surface area contributed by atoms with Crippen LogP contribution in [-0.2, 0) is 49.5 Å². The molecule has 15 heteroatoms. The third kappa shape index (κ3) is 15.1. The number of hydrogen-bond acceptors (Lipinski definition) is 9. The maximum absolute atomic E-state index is 12.8. The fourth-order valence-electron chi connectivity index (χ4n) is 4.60. The lowest BCUT2D eigenvalue weighted by Gasteiger charge is -2.29. The van der Waals surface area contributed by atoms with Gasteiger partial charge < -0.3 is 31.3 Å². The van der Waals surface area contributed by atoms with Gasteiger partial charge >= 0.3 is 0 Å². The molecule has 50 heavy (non-hydrogen) atoms. The smallest absolute Gasteiger partial charge is 0.253 e. The maximum Gasteiger partial charge on any atom is 0.253 e. The Bertz CT molecular complexity index is 1410. The maximum atomic E-state index is 12.8. The molecule has 0 spiro atoms. The van der Waals surface area contributed by atoms with Gasteiger partial charge in [-0.3, -0.25) is 43.3 Å². The Morgan fingerprint density at radius 2 is 1.42 bits per heavy atom. The highest BCUT2D eigenvalue weighted by Gasteiger charge is 2.30. The molecule has 1 aliphatic heterocycles. The van der Waals surface area contributed by atoms with Crippen LogP contribution in [0.15, 0.2) is 42.5 Å². The lowest BCUT2D eigenvalue weighted by molar-refractivity contribution is -0.137. The fraction of sp³-hybridized carbons (Fsp3) is 0.543. The summed E-state index contributed by atoms with van der Waals surface area (Å²) in [7, 11) is 0. The number of benzene rings is 1. The summed E-state index contributed by atoms with van der Waals surface area (Å²) in [5, 5.41) is 12.9. The minimum absolute atomic E-state index is 0.00428.